The van der Waals surface area contributed by atoms with Gasteiger partial charge in [-0.05, 0) is 30.7 Å². The molecule has 0 saturated carbocycles. The highest BCUT2D eigenvalue weighted by Gasteiger charge is 2.36. The normalized spacial score (nSPS) is 13.1. The van der Waals surface area contributed by atoms with Crippen LogP contribution >= 0.6 is 0 Å². The number of imide groups is 1. The fraction of sp³-hybridized carbons (Fsp3) is 0.250. The molecule has 5 heteroatoms. The second-order valence-corrected chi connectivity index (χ2v) is 5.92. The molecule has 0 atom stereocenters. The van der Waals surface area contributed by atoms with E-state index >= 15 is 0 Å². The average Bonchev–Trinajstić information content (AvgIpc) is 2.87. The van der Waals surface area contributed by atoms with E-state index in [1.807, 2.05) is 0 Å². The fourth-order valence-corrected chi connectivity index (χ4v) is 2.81. The summed E-state index contributed by atoms with van der Waals surface area (Å²) in [4.78, 5) is 38.0. The Balaban J connectivity index is 1.78. The molecule has 25 heavy (non-hydrogen) atoms. The maximum absolute atomic E-state index is 12.5. The molecule has 0 fully saturated rings. The van der Waals surface area contributed by atoms with Crippen LogP contribution in [0.25, 0.3) is 0 Å². The zero-order valence-corrected chi connectivity index (χ0v) is 14.0. The smallest absolute Gasteiger partial charge is 0.311 e. The number of carbonyl (C=O) groups excluding carboxylic acids is 3. The van der Waals surface area contributed by atoms with E-state index < -0.39 is 0 Å². The molecule has 1 heterocycles. The summed E-state index contributed by atoms with van der Waals surface area (Å²) in [6.07, 6.45) is 3.14. The number of carbonyl (C=O) groups is 3. The van der Waals surface area contributed by atoms with Gasteiger partial charge in [0.1, 0.15) is 5.75 Å². The summed E-state index contributed by atoms with van der Waals surface area (Å²) in [5, 5.41) is 0. The Morgan fingerprint density at radius 1 is 0.960 bits per heavy atom. The lowest BCUT2D eigenvalue weighted by Gasteiger charge is -2.15. The molecule has 0 spiro atoms. The summed E-state index contributed by atoms with van der Waals surface area (Å²) >= 11 is 0. The van der Waals surface area contributed by atoms with E-state index in [1.54, 1.807) is 48.5 Å². The second-order valence-electron chi connectivity index (χ2n) is 5.92. The molecular formula is C20H19NO4. The molecular weight excluding hydrogens is 318 g/mol. The van der Waals surface area contributed by atoms with Gasteiger partial charge < -0.3 is 4.74 Å². The molecule has 0 bridgehead atoms. The number of anilines is 1. The Kier molecular flexibility index (Phi) is 4.93. The highest BCUT2D eigenvalue weighted by Crippen LogP contribution is 2.30. The van der Waals surface area contributed by atoms with E-state index in [-0.39, 0.29) is 17.8 Å². The number of ether oxygens (including phenoxy) is 1. The number of nitrogens with zero attached hydrogens (tertiary/aromatic N) is 1. The predicted octanol–water partition coefficient (Wildman–Crippen LogP) is 3.97. The maximum atomic E-state index is 12.5. The molecule has 2 aromatic rings. The van der Waals surface area contributed by atoms with Gasteiger partial charge in [0, 0.05) is 12.5 Å². The summed E-state index contributed by atoms with van der Waals surface area (Å²) in [6, 6.07) is 13.2. The number of benzene rings is 2. The van der Waals surface area contributed by atoms with Crippen LogP contribution in [0.4, 0.5) is 5.69 Å². The van der Waals surface area contributed by atoms with Crippen molar-refractivity contribution >= 4 is 23.5 Å². The SMILES string of the molecule is CCCCCC(=O)Oc1cccc(N2C(=O)c3ccccc3C2=O)c1. The zero-order valence-electron chi connectivity index (χ0n) is 14.0. The minimum atomic E-state index is -0.368. The van der Waals surface area contributed by atoms with Crippen molar-refractivity contribution in [2.45, 2.75) is 32.6 Å². The Morgan fingerprint density at radius 2 is 1.64 bits per heavy atom. The lowest BCUT2D eigenvalue weighted by atomic mass is 10.1. The lowest BCUT2D eigenvalue weighted by molar-refractivity contribution is -0.134. The van der Waals surface area contributed by atoms with Crippen molar-refractivity contribution in [3.63, 3.8) is 0 Å². The van der Waals surface area contributed by atoms with Crippen molar-refractivity contribution in [3.8, 4) is 5.75 Å². The first-order valence-electron chi connectivity index (χ1n) is 8.40. The number of hydrogen-bond acceptors (Lipinski definition) is 4. The van der Waals surface area contributed by atoms with Gasteiger partial charge in [-0.15, -0.1) is 0 Å². The third-order valence-corrected chi connectivity index (χ3v) is 4.09. The first-order chi connectivity index (χ1) is 12.1. The summed E-state index contributed by atoms with van der Waals surface area (Å²) in [7, 11) is 0. The van der Waals surface area contributed by atoms with Crippen LogP contribution in [-0.4, -0.2) is 17.8 Å². The number of rotatable bonds is 6. The quantitative estimate of drug-likeness (QED) is 0.346. The number of unbranched alkanes of at least 4 members (excludes halogenated alkanes) is 2. The van der Waals surface area contributed by atoms with E-state index in [9.17, 15) is 14.4 Å². The summed E-state index contributed by atoms with van der Waals surface area (Å²) < 4.78 is 5.32. The molecule has 128 valence electrons. The molecule has 0 aliphatic carbocycles. The molecule has 0 radical (unpaired) electrons. The van der Waals surface area contributed by atoms with Crippen LogP contribution in [0.5, 0.6) is 5.75 Å². The highest BCUT2D eigenvalue weighted by atomic mass is 16.5. The molecule has 1 aliphatic rings. The fourth-order valence-electron chi connectivity index (χ4n) is 2.81. The molecule has 1 aliphatic heterocycles. The van der Waals surface area contributed by atoms with Crippen LogP contribution < -0.4 is 9.64 Å². The maximum Gasteiger partial charge on any atom is 0.311 e. The average molecular weight is 337 g/mol. The van der Waals surface area contributed by atoms with Crippen LogP contribution in [0.3, 0.4) is 0 Å². The predicted molar refractivity (Wildman–Crippen MR) is 93.8 cm³/mol. The molecule has 0 unspecified atom stereocenters. The van der Waals surface area contributed by atoms with Gasteiger partial charge in [-0.25, -0.2) is 4.90 Å². The molecule has 0 saturated heterocycles. The first-order valence-corrected chi connectivity index (χ1v) is 8.40. The van der Waals surface area contributed by atoms with Crippen LogP contribution in [0.2, 0.25) is 0 Å². The van der Waals surface area contributed by atoms with Gasteiger partial charge >= 0.3 is 5.97 Å². The molecule has 0 aromatic heterocycles. The number of hydrogen-bond donors (Lipinski definition) is 0. The van der Waals surface area contributed by atoms with Gasteiger partial charge in [0.15, 0.2) is 0 Å². The van der Waals surface area contributed by atoms with E-state index in [0.29, 0.717) is 29.0 Å². The van der Waals surface area contributed by atoms with Crippen LogP contribution in [0, 0.1) is 0 Å². The Labute approximate surface area is 146 Å². The van der Waals surface area contributed by atoms with Gasteiger partial charge in [0.2, 0.25) is 0 Å². The second kappa shape index (κ2) is 7.30. The van der Waals surface area contributed by atoms with Crippen molar-refractivity contribution in [3.05, 3.63) is 59.7 Å². The Morgan fingerprint density at radius 3 is 2.28 bits per heavy atom. The van der Waals surface area contributed by atoms with Crippen LogP contribution in [0.1, 0.15) is 53.3 Å². The third kappa shape index (κ3) is 3.45. The molecule has 2 aromatic carbocycles. The van der Waals surface area contributed by atoms with Crippen molar-refractivity contribution in [1.29, 1.82) is 0 Å². The molecule has 5 nitrogen and oxygen atoms in total. The van der Waals surface area contributed by atoms with Gasteiger partial charge in [0.05, 0.1) is 16.8 Å². The minimum Gasteiger partial charge on any atom is -0.426 e. The molecule has 0 N–H and O–H groups in total. The number of amides is 2. The molecule has 2 amide bonds. The van der Waals surface area contributed by atoms with Gasteiger partial charge in [-0.2, -0.15) is 0 Å². The van der Waals surface area contributed by atoms with Crippen molar-refractivity contribution in [2.24, 2.45) is 0 Å². The Hall–Kier alpha value is -2.95. The zero-order chi connectivity index (χ0) is 17.8. The van der Waals surface area contributed by atoms with Crippen molar-refractivity contribution < 1.29 is 19.1 Å². The highest BCUT2D eigenvalue weighted by molar-refractivity contribution is 6.34. The third-order valence-electron chi connectivity index (χ3n) is 4.09. The largest absolute Gasteiger partial charge is 0.426 e. The summed E-state index contributed by atoms with van der Waals surface area (Å²) in [5.41, 5.74) is 1.16. The van der Waals surface area contributed by atoms with E-state index in [1.165, 1.54) is 0 Å². The number of esters is 1. The van der Waals surface area contributed by atoms with E-state index in [4.69, 9.17) is 4.74 Å². The Bertz CT molecular complexity index is 793. The first kappa shape index (κ1) is 16.9. The van der Waals surface area contributed by atoms with Gasteiger partial charge in [0.25, 0.3) is 11.8 Å². The standard InChI is InChI=1S/C20H19NO4/c1-2-3-4-12-18(22)25-15-9-7-8-14(13-15)21-19(23)16-10-5-6-11-17(16)20(21)24/h5-11,13H,2-4,12H2,1H3. The van der Waals surface area contributed by atoms with Gasteiger partial charge in [-0.1, -0.05) is 38.0 Å². The summed E-state index contributed by atoms with van der Waals surface area (Å²) in [5.74, 6) is -0.720. The van der Waals surface area contributed by atoms with Crippen LogP contribution in [-0.2, 0) is 4.79 Å². The van der Waals surface area contributed by atoms with Gasteiger partial charge in [-0.3, -0.25) is 14.4 Å². The topological polar surface area (TPSA) is 63.7 Å². The lowest BCUT2D eigenvalue weighted by Crippen LogP contribution is -2.29. The van der Waals surface area contributed by atoms with E-state index in [0.717, 1.165) is 24.2 Å². The number of fused-ring (bicyclic) bond motifs is 1. The van der Waals surface area contributed by atoms with Crippen molar-refractivity contribution in [1.82, 2.24) is 0 Å². The molecule has 3 rings (SSSR count). The minimum absolute atomic E-state index is 0.312. The summed E-state index contributed by atoms with van der Waals surface area (Å²) in [6.45, 7) is 2.07. The monoisotopic (exact) mass is 337 g/mol. The van der Waals surface area contributed by atoms with Crippen LogP contribution in [0.15, 0.2) is 48.5 Å². The van der Waals surface area contributed by atoms with Crippen molar-refractivity contribution in [2.75, 3.05) is 4.90 Å². The van der Waals surface area contributed by atoms with E-state index in [2.05, 4.69) is 6.92 Å².